The minimum absolute atomic E-state index is 0.0623. The Morgan fingerprint density at radius 3 is 2.76 bits per heavy atom. The Bertz CT molecular complexity index is 327. The van der Waals surface area contributed by atoms with E-state index in [1.54, 1.807) is 25.0 Å². The molecule has 7 heteroatoms. The van der Waals surface area contributed by atoms with Crippen LogP contribution in [0.5, 0.6) is 0 Å². The van der Waals surface area contributed by atoms with Crippen molar-refractivity contribution in [3.05, 3.63) is 16.9 Å². The number of alkyl halides is 2. The second kappa shape index (κ2) is 6.88. The second-order valence-electron chi connectivity index (χ2n) is 3.60. The van der Waals surface area contributed by atoms with E-state index in [9.17, 15) is 8.78 Å². The average molecular weight is 268 g/mol. The lowest BCUT2D eigenvalue weighted by Gasteiger charge is -2.17. The van der Waals surface area contributed by atoms with E-state index >= 15 is 0 Å². The fourth-order valence-electron chi connectivity index (χ4n) is 1.60. The number of aromatic nitrogens is 2. The molecule has 4 nitrogen and oxygen atoms in total. The van der Waals surface area contributed by atoms with Crippen LogP contribution in [0, 0.1) is 0 Å². The van der Waals surface area contributed by atoms with Crippen molar-refractivity contribution in [2.75, 3.05) is 20.3 Å². The minimum atomic E-state index is -2.43. The van der Waals surface area contributed by atoms with Crippen LogP contribution in [0.1, 0.15) is 18.2 Å². The molecule has 0 fully saturated rings. The van der Waals surface area contributed by atoms with Crippen LogP contribution in [0.4, 0.5) is 8.78 Å². The van der Waals surface area contributed by atoms with Crippen molar-refractivity contribution in [1.82, 2.24) is 15.1 Å². The van der Waals surface area contributed by atoms with Crippen LogP contribution >= 0.6 is 11.6 Å². The number of rotatable bonds is 7. The first-order valence-corrected chi connectivity index (χ1v) is 5.64. The summed E-state index contributed by atoms with van der Waals surface area (Å²) in [4.78, 5) is 0. The predicted octanol–water partition coefficient (Wildman–Crippen LogP) is 2.01. The first kappa shape index (κ1) is 14.3. The Labute approximate surface area is 104 Å². The summed E-state index contributed by atoms with van der Waals surface area (Å²) in [5.41, 5.74) is 0.829. The fraction of sp³-hybridized carbons (Fsp3) is 0.700. The standard InChI is InChI=1S/C10H16ClF2N3O/c1-14-8(3-4-17-6-9(12)13)10-7(11)5-15-16(10)2/h5,8-9,14H,3-4,6H2,1-2H3. The van der Waals surface area contributed by atoms with Crippen LogP contribution in [0.3, 0.4) is 0 Å². The van der Waals surface area contributed by atoms with Gasteiger partial charge in [0.25, 0.3) is 6.43 Å². The summed E-state index contributed by atoms with van der Waals surface area (Å²) in [7, 11) is 3.56. The van der Waals surface area contributed by atoms with Crippen molar-refractivity contribution in [2.24, 2.45) is 7.05 Å². The normalized spacial score (nSPS) is 13.3. The molecule has 0 aliphatic rings. The van der Waals surface area contributed by atoms with Gasteiger partial charge in [0, 0.05) is 13.7 Å². The van der Waals surface area contributed by atoms with E-state index in [0.717, 1.165) is 5.69 Å². The molecule has 1 aromatic rings. The second-order valence-corrected chi connectivity index (χ2v) is 4.00. The first-order valence-electron chi connectivity index (χ1n) is 5.26. The summed E-state index contributed by atoms with van der Waals surface area (Å²) in [5, 5.41) is 7.64. The molecule has 0 saturated carbocycles. The van der Waals surface area contributed by atoms with Gasteiger partial charge < -0.3 is 10.1 Å². The number of hydrogen-bond acceptors (Lipinski definition) is 3. The lowest BCUT2D eigenvalue weighted by Crippen LogP contribution is -2.22. The van der Waals surface area contributed by atoms with Crippen molar-refractivity contribution in [1.29, 1.82) is 0 Å². The number of aryl methyl sites for hydroxylation is 1. The molecule has 0 spiro atoms. The van der Waals surface area contributed by atoms with Crippen LogP contribution in [0.15, 0.2) is 6.20 Å². The highest BCUT2D eigenvalue weighted by Crippen LogP contribution is 2.24. The average Bonchev–Trinajstić information content (AvgIpc) is 2.60. The van der Waals surface area contributed by atoms with Crippen molar-refractivity contribution in [3.8, 4) is 0 Å². The minimum Gasteiger partial charge on any atom is -0.375 e. The molecule has 0 aliphatic heterocycles. The van der Waals surface area contributed by atoms with Gasteiger partial charge in [0.05, 0.1) is 23.0 Å². The van der Waals surface area contributed by atoms with Gasteiger partial charge in [-0.1, -0.05) is 11.6 Å². The molecule has 1 heterocycles. The smallest absolute Gasteiger partial charge is 0.261 e. The summed E-state index contributed by atoms with van der Waals surface area (Å²) in [5.74, 6) is 0. The topological polar surface area (TPSA) is 39.1 Å². The zero-order chi connectivity index (χ0) is 12.8. The number of nitrogens with zero attached hydrogens (tertiary/aromatic N) is 2. The molecule has 0 aromatic carbocycles. The molecule has 1 rings (SSSR count). The fourth-order valence-corrected chi connectivity index (χ4v) is 1.90. The van der Waals surface area contributed by atoms with Crippen LogP contribution < -0.4 is 5.32 Å². The summed E-state index contributed by atoms with van der Waals surface area (Å²) >= 11 is 6.00. The van der Waals surface area contributed by atoms with E-state index in [1.165, 1.54) is 0 Å². The molecule has 17 heavy (non-hydrogen) atoms. The lowest BCUT2D eigenvalue weighted by atomic mass is 10.1. The van der Waals surface area contributed by atoms with Gasteiger partial charge >= 0.3 is 0 Å². The Morgan fingerprint density at radius 2 is 2.29 bits per heavy atom. The molecule has 1 atom stereocenters. The van der Waals surface area contributed by atoms with Gasteiger partial charge in [-0.25, -0.2) is 8.78 Å². The van der Waals surface area contributed by atoms with E-state index in [2.05, 4.69) is 10.4 Å². The van der Waals surface area contributed by atoms with Crippen molar-refractivity contribution in [2.45, 2.75) is 18.9 Å². The summed E-state index contributed by atoms with van der Waals surface area (Å²) < 4.78 is 30.2. The monoisotopic (exact) mass is 267 g/mol. The molecule has 0 bridgehead atoms. The Kier molecular flexibility index (Phi) is 5.80. The molecule has 0 saturated heterocycles. The molecule has 1 N–H and O–H groups in total. The Morgan fingerprint density at radius 1 is 1.59 bits per heavy atom. The lowest BCUT2D eigenvalue weighted by molar-refractivity contribution is 0.0143. The quantitative estimate of drug-likeness (QED) is 0.768. The molecular formula is C10H16ClF2N3O. The van der Waals surface area contributed by atoms with Gasteiger partial charge in [0.2, 0.25) is 0 Å². The maximum atomic E-state index is 11.9. The zero-order valence-corrected chi connectivity index (χ0v) is 10.5. The van der Waals surface area contributed by atoms with Crippen LogP contribution in [0.2, 0.25) is 5.02 Å². The van der Waals surface area contributed by atoms with Gasteiger partial charge in [-0.05, 0) is 13.5 Å². The zero-order valence-electron chi connectivity index (χ0n) is 9.79. The van der Waals surface area contributed by atoms with Gasteiger partial charge in [0.1, 0.15) is 6.61 Å². The van der Waals surface area contributed by atoms with E-state index < -0.39 is 13.0 Å². The largest absolute Gasteiger partial charge is 0.375 e. The first-order chi connectivity index (χ1) is 8.06. The van der Waals surface area contributed by atoms with E-state index in [0.29, 0.717) is 11.4 Å². The number of halogens is 3. The summed E-state index contributed by atoms with van der Waals surface area (Å²) in [6, 6.07) is -0.0623. The maximum Gasteiger partial charge on any atom is 0.261 e. The molecule has 98 valence electrons. The summed E-state index contributed by atoms with van der Waals surface area (Å²) in [6.07, 6.45) is -0.313. The number of nitrogens with one attached hydrogen (secondary N) is 1. The van der Waals surface area contributed by atoms with E-state index in [-0.39, 0.29) is 12.6 Å². The Balaban J connectivity index is 2.49. The van der Waals surface area contributed by atoms with Gasteiger partial charge in [-0.3, -0.25) is 4.68 Å². The van der Waals surface area contributed by atoms with E-state index in [4.69, 9.17) is 16.3 Å². The third-order valence-electron chi connectivity index (χ3n) is 2.41. The van der Waals surface area contributed by atoms with Gasteiger partial charge in [-0.15, -0.1) is 0 Å². The van der Waals surface area contributed by atoms with Crippen LogP contribution in [-0.4, -0.2) is 36.5 Å². The SMILES string of the molecule is CNC(CCOCC(F)F)c1c(Cl)cnn1C. The number of hydrogen-bond donors (Lipinski definition) is 1. The van der Waals surface area contributed by atoms with Gasteiger partial charge in [0.15, 0.2) is 0 Å². The van der Waals surface area contributed by atoms with Crippen LogP contribution in [-0.2, 0) is 11.8 Å². The predicted molar refractivity (Wildman–Crippen MR) is 61.5 cm³/mol. The molecule has 0 amide bonds. The van der Waals surface area contributed by atoms with Gasteiger partial charge in [-0.2, -0.15) is 5.10 Å². The molecule has 0 aliphatic carbocycles. The van der Waals surface area contributed by atoms with Crippen molar-refractivity contribution >= 4 is 11.6 Å². The van der Waals surface area contributed by atoms with E-state index in [1.807, 2.05) is 0 Å². The molecular weight excluding hydrogens is 252 g/mol. The highest BCUT2D eigenvalue weighted by molar-refractivity contribution is 6.31. The molecule has 0 radical (unpaired) electrons. The highest BCUT2D eigenvalue weighted by Gasteiger charge is 2.17. The van der Waals surface area contributed by atoms with Crippen molar-refractivity contribution in [3.63, 3.8) is 0 Å². The molecule has 1 unspecified atom stereocenters. The molecule has 1 aromatic heterocycles. The van der Waals surface area contributed by atoms with Crippen LogP contribution in [0.25, 0.3) is 0 Å². The maximum absolute atomic E-state index is 11.9. The van der Waals surface area contributed by atoms with Crippen molar-refractivity contribution < 1.29 is 13.5 Å². The Hall–Kier alpha value is -0.720. The number of ether oxygens (including phenoxy) is 1. The third kappa shape index (κ3) is 4.22. The highest BCUT2D eigenvalue weighted by atomic mass is 35.5. The summed E-state index contributed by atoms with van der Waals surface area (Å²) in [6.45, 7) is -0.285. The third-order valence-corrected chi connectivity index (χ3v) is 2.70.